The van der Waals surface area contributed by atoms with Gasteiger partial charge in [0.25, 0.3) is 5.91 Å². The van der Waals surface area contributed by atoms with Crippen LogP contribution in [-0.4, -0.2) is 24.2 Å². The summed E-state index contributed by atoms with van der Waals surface area (Å²) in [5.41, 5.74) is 5.12. The van der Waals surface area contributed by atoms with E-state index in [4.69, 9.17) is 10.00 Å². The first kappa shape index (κ1) is 19.6. The molecule has 0 unspecified atom stereocenters. The van der Waals surface area contributed by atoms with Crippen molar-refractivity contribution >= 4 is 17.6 Å². The fourth-order valence-electron chi connectivity index (χ4n) is 2.02. The van der Waals surface area contributed by atoms with Gasteiger partial charge in [0.1, 0.15) is 11.6 Å². The Hall–Kier alpha value is -3.73. The highest BCUT2D eigenvalue weighted by molar-refractivity contribution is 5.98. The van der Waals surface area contributed by atoms with E-state index in [2.05, 4.69) is 10.9 Å². The van der Waals surface area contributed by atoms with Gasteiger partial charge in [-0.25, -0.2) is 4.39 Å². The summed E-state index contributed by atoms with van der Waals surface area (Å²) in [6.07, 6.45) is -0.206. The van der Waals surface area contributed by atoms with Crippen LogP contribution in [-0.2, 0) is 9.59 Å². The Kier molecular flexibility index (Phi) is 7.02. The summed E-state index contributed by atoms with van der Waals surface area (Å²) in [6.45, 7) is -0.333. The van der Waals surface area contributed by atoms with E-state index >= 15 is 0 Å². The molecular weight excluding hydrogens is 353 g/mol. The molecule has 8 heteroatoms. The van der Waals surface area contributed by atoms with Crippen LogP contribution in [0.25, 0.3) is 0 Å². The third-order valence-corrected chi connectivity index (χ3v) is 3.44. The molecule has 2 aromatic carbocycles. The molecule has 2 N–H and O–H groups in total. The molecule has 0 saturated carbocycles. The van der Waals surface area contributed by atoms with Gasteiger partial charge in [-0.15, -0.1) is 0 Å². The van der Waals surface area contributed by atoms with Gasteiger partial charge in [-0.1, -0.05) is 0 Å². The van der Waals surface area contributed by atoms with Gasteiger partial charge in [0.15, 0.2) is 12.4 Å². The number of rotatable bonds is 7. The highest BCUT2D eigenvalue weighted by Gasteiger charge is 2.10. The molecule has 2 rings (SSSR count). The van der Waals surface area contributed by atoms with Gasteiger partial charge in [-0.05, 0) is 48.5 Å². The second-order valence-corrected chi connectivity index (χ2v) is 5.45. The molecule has 0 fully saturated rings. The van der Waals surface area contributed by atoms with Crippen LogP contribution in [0.3, 0.4) is 0 Å². The number of amides is 2. The molecule has 0 radical (unpaired) electrons. The topological polar surface area (TPSA) is 108 Å². The van der Waals surface area contributed by atoms with Crippen LogP contribution in [0.4, 0.5) is 4.39 Å². The number of hydrogen-bond donors (Lipinski definition) is 2. The maximum Gasteiger partial charge on any atom is 0.276 e. The summed E-state index contributed by atoms with van der Waals surface area (Å²) < 4.78 is 18.0. The molecule has 0 aliphatic carbocycles. The summed E-state index contributed by atoms with van der Waals surface area (Å²) >= 11 is 0. The maximum atomic E-state index is 12.8. The number of halogens is 1. The SMILES string of the molecule is N#Cc1ccc(OCC(=O)NNC(=O)CCC(=O)c2ccc(F)cc2)cc1. The third-order valence-electron chi connectivity index (χ3n) is 3.44. The minimum atomic E-state index is -0.586. The number of Topliss-reactive ketones (excluding diaryl/α,β-unsaturated/α-hetero) is 1. The van der Waals surface area contributed by atoms with Crippen molar-refractivity contribution in [3.05, 3.63) is 65.5 Å². The van der Waals surface area contributed by atoms with Gasteiger partial charge in [-0.2, -0.15) is 5.26 Å². The number of carbonyl (C=O) groups excluding carboxylic acids is 3. The van der Waals surface area contributed by atoms with Crippen molar-refractivity contribution in [3.63, 3.8) is 0 Å². The van der Waals surface area contributed by atoms with Crippen LogP contribution in [0, 0.1) is 17.1 Å². The van der Waals surface area contributed by atoms with Gasteiger partial charge >= 0.3 is 0 Å². The first-order valence-corrected chi connectivity index (χ1v) is 7.97. The summed E-state index contributed by atoms with van der Waals surface area (Å²) in [5.74, 6) is -1.48. The second-order valence-electron chi connectivity index (χ2n) is 5.45. The average molecular weight is 369 g/mol. The molecular formula is C19H16FN3O4. The van der Waals surface area contributed by atoms with Crippen LogP contribution >= 0.6 is 0 Å². The van der Waals surface area contributed by atoms with Gasteiger partial charge in [0.2, 0.25) is 5.91 Å². The van der Waals surface area contributed by atoms with Gasteiger partial charge in [0.05, 0.1) is 11.6 Å². The van der Waals surface area contributed by atoms with Crippen molar-refractivity contribution in [1.82, 2.24) is 10.9 Å². The van der Waals surface area contributed by atoms with Crippen LogP contribution < -0.4 is 15.6 Å². The van der Waals surface area contributed by atoms with E-state index in [-0.39, 0.29) is 25.2 Å². The largest absolute Gasteiger partial charge is 0.484 e. The Morgan fingerprint density at radius 3 is 2.19 bits per heavy atom. The van der Waals surface area contributed by atoms with Gasteiger partial charge < -0.3 is 4.74 Å². The number of benzene rings is 2. The van der Waals surface area contributed by atoms with Crippen molar-refractivity contribution < 1.29 is 23.5 Å². The Bertz CT molecular complexity index is 858. The smallest absolute Gasteiger partial charge is 0.276 e. The molecule has 27 heavy (non-hydrogen) atoms. The number of carbonyl (C=O) groups is 3. The fraction of sp³-hybridized carbons (Fsp3) is 0.158. The Morgan fingerprint density at radius 1 is 0.926 bits per heavy atom. The standard InChI is InChI=1S/C19H16FN3O4/c20-15-5-3-14(4-6-15)17(24)9-10-18(25)22-23-19(26)12-27-16-7-1-13(11-21)2-8-16/h1-8H,9-10,12H2,(H,22,25)(H,23,26). The lowest BCUT2D eigenvalue weighted by atomic mass is 10.1. The lowest BCUT2D eigenvalue weighted by Gasteiger charge is -2.08. The normalized spacial score (nSPS) is 9.78. The van der Waals surface area contributed by atoms with E-state index in [9.17, 15) is 18.8 Å². The molecule has 7 nitrogen and oxygen atoms in total. The lowest BCUT2D eigenvalue weighted by Crippen LogP contribution is -2.43. The molecule has 2 amide bonds. The monoisotopic (exact) mass is 369 g/mol. The van der Waals surface area contributed by atoms with Gasteiger partial charge in [0, 0.05) is 18.4 Å². The fourth-order valence-corrected chi connectivity index (χ4v) is 2.02. The van der Waals surface area contributed by atoms with Crippen LogP contribution in [0.15, 0.2) is 48.5 Å². The van der Waals surface area contributed by atoms with Crippen molar-refractivity contribution in [2.45, 2.75) is 12.8 Å². The quantitative estimate of drug-likeness (QED) is 0.572. The molecule has 0 spiro atoms. The predicted molar refractivity (Wildman–Crippen MR) is 92.9 cm³/mol. The molecule has 0 aliphatic rings. The van der Waals surface area contributed by atoms with E-state index in [1.807, 2.05) is 6.07 Å². The van der Waals surface area contributed by atoms with Crippen molar-refractivity contribution in [3.8, 4) is 11.8 Å². The first-order chi connectivity index (χ1) is 13.0. The summed E-state index contributed by atoms with van der Waals surface area (Å²) in [4.78, 5) is 35.2. The van der Waals surface area contributed by atoms with Crippen LogP contribution in [0.5, 0.6) is 5.75 Å². The Balaban J connectivity index is 1.66. The van der Waals surface area contributed by atoms with Gasteiger partial charge in [-0.3, -0.25) is 25.2 Å². The number of nitriles is 1. The molecule has 0 aromatic heterocycles. The lowest BCUT2D eigenvalue weighted by molar-refractivity contribution is -0.130. The Labute approximate surface area is 154 Å². The van der Waals surface area contributed by atoms with Crippen LogP contribution in [0.2, 0.25) is 0 Å². The zero-order chi connectivity index (χ0) is 19.6. The molecule has 0 bridgehead atoms. The third kappa shape index (κ3) is 6.59. The number of hydrogen-bond acceptors (Lipinski definition) is 5. The number of hydrazine groups is 1. The molecule has 0 saturated heterocycles. The van der Waals surface area contributed by atoms with E-state index in [0.29, 0.717) is 16.9 Å². The summed E-state index contributed by atoms with van der Waals surface area (Å²) in [7, 11) is 0. The molecule has 138 valence electrons. The maximum absolute atomic E-state index is 12.8. The molecule has 0 heterocycles. The molecule has 2 aromatic rings. The van der Waals surface area contributed by atoms with Crippen molar-refractivity contribution in [2.24, 2.45) is 0 Å². The number of nitrogens with zero attached hydrogens (tertiary/aromatic N) is 1. The predicted octanol–water partition coefficient (Wildman–Crippen LogP) is 1.89. The summed E-state index contributed by atoms with van der Waals surface area (Å²) in [6, 6.07) is 13.2. The number of ketones is 1. The van der Waals surface area contributed by atoms with Crippen molar-refractivity contribution in [1.29, 1.82) is 5.26 Å². The average Bonchev–Trinajstić information content (AvgIpc) is 2.69. The summed E-state index contributed by atoms with van der Waals surface area (Å²) in [5, 5.41) is 8.69. The number of ether oxygens (including phenoxy) is 1. The van der Waals surface area contributed by atoms with E-state index < -0.39 is 17.6 Å². The second kappa shape index (κ2) is 9.68. The van der Waals surface area contributed by atoms with Crippen molar-refractivity contribution in [2.75, 3.05) is 6.61 Å². The molecule has 0 aliphatic heterocycles. The first-order valence-electron chi connectivity index (χ1n) is 7.97. The zero-order valence-corrected chi connectivity index (χ0v) is 14.2. The van der Waals surface area contributed by atoms with E-state index in [0.717, 1.165) is 0 Å². The highest BCUT2D eigenvalue weighted by Crippen LogP contribution is 2.11. The van der Waals surface area contributed by atoms with Crippen LogP contribution in [0.1, 0.15) is 28.8 Å². The zero-order valence-electron chi connectivity index (χ0n) is 14.2. The number of nitrogens with one attached hydrogen (secondary N) is 2. The van der Waals surface area contributed by atoms with E-state index in [1.165, 1.54) is 24.3 Å². The minimum absolute atomic E-state index is 0.0743. The Morgan fingerprint density at radius 2 is 1.56 bits per heavy atom. The van der Waals surface area contributed by atoms with E-state index in [1.54, 1.807) is 24.3 Å². The highest BCUT2D eigenvalue weighted by atomic mass is 19.1. The molecule has 0 atom stereocenters. The minimum Gasteiger partial charge on any atom is -0.484 e.